The third-order valence-electron chi connectivity index (χ3n) is 2.36. The summed E-state index contributed by atoms with van der Waals surface area (Å²) in [7, 11) is 1.37. The fourth-order valence-electron chi connectivity index (χ4n) is 1.67. The molecule has 0 atom stereocenters. The van der Waals surface area contributed by atoms with Crippen molar-refractivity contribution in [2.45, 2.75) is 6.54 Å². The van der Waals surface area contributed by atoms with E-state index in [1.165, 1.54) is 7.11 Å². The summed E-state index contributed by atoms with van der Waals surface area (Å²) in [6.45, 7) is 4.29. The Morgan fingerprint density at radius 3 is 3.19 bits per heavy atom. The molecule has 0 radical (unpaired) electrons. The first-order chi connectivity index (χ1) is 7.77. The Bertz CT molecular complexity index is 543. The Morgan fingerprint density at radius 2 is 2.50 bits per heavy atom. The van der Waals surface area contributed by atoms with Crippen molar-refractivity contribution in [1.29, 1.82) is 0 Å². The van der Waals surface area contributed by atoms with Crippen molar-refractivity contribution in [3.05, 3.63) is 42.7 Å². The highest BCUT2D eigenvalue weighted by molar-refractivity contribution is 6.03. The van der Waals surface area contributed by atoms with Gasteiger partial charge >= 0.3 is 5.97 Å². The largest absolute Gasteiger partial charge is 0.465 e. The molecule has 82 valence electrons. The van der Waals surface area contributed by atoms with Crippen molar-refractivity contribution in [2.75, 3.05) is 7.11 Å². The Morgan fingerprint density at radius 1 is 1.69 bits per heavy atom. The number of allylic oxidation sites excluding steroid dienone is 1. The van der Waals surface area contributed by atoms with Gasteiger partial charge in [-0.05, 0) is 12.1 Å². The summed E-state index contributed by atoms with van der Waals surface area (Å²) >= 11 is 0. The van der Waals surface area contributed by atoms with Gasteiger partial charge in [0.2, 0.25) is 0 Å². The molecule has 0 aliphatic rings. The number of aromatic nitrogens is 2. The Labute approximate surface area is 93.2 Å². The van der Waals surface area contributed by atoms with Crippen molar-refractivity contribution in [3.8, 4) is 0 Å². The summed E-state index contributed by atoms with van der Waals surface area (Å²) in [6, 6.07) is 3.65. The van der Waals surface area contributed by atoms with Gasteiger partial charge in [-0.3, -0.25) is 0 Å². The van der Waals surface area contributed by atoms with Gasteiger partial charge in [0.15, 0.2) is 0 Å². The number of rotatable bonds is 3. The maximum atomic E-state index is 11.6. The van der Waals surface area contributed by atoms with Crippen LogP contribution in [0.4, 0.5) is 0 Å². The van der Waals surface area contributed by atoms with Crippen LogP contribution in [0.1, 0.15) is 10.4 Å². The topological polar surface area (TPSA) is 44.1 Å². The van der Waals surface area contributed by atoms with E-state index in [0.717, 1.165) is 11.0 Å². The molecule has 4 heteroatoms. The summed E-state index contributed by atoms with van der Waals surface area (Å²) in [6.07, 6.45) is 5.20. The van der Waals surface area contributed by atoms with Gasteiger partial charge in [-0.25, -0.2) is 9.78 Å². The van der Waals surface area contributed by atoms with Gasteiger partial charge in [-0.2, -0.15) is 0 Å². The highest BCUT2D eigenvalue weighted by Gasteiger charge is 2.15. The summed E-state index contributed by atoms with van der Waals surface area (Å²) < 4.78 is 6.60. The number of esters is 1. The standard InChI is InChI=1S/C12H12N2O2/c1-3-7-14-8-10(12(15)16-2)9-5-4-6-13-11(9)14/h3-6,8H,1,7H2,2H3. The molecule has 0 spiro atoms. The van der Waals surface area contributed by atoms with E-state index in [4.69, 9.17) is 4.74 Å². The lowest BCUT2D eigenvalue weighted by Crippen LogP contribution is -2.00. The molecule has 2 rings (SSSR count). The molecule has 0 saturated carbocycles. The molecule has 0 aromatic carbocycles. The fraction of sp³-hybridized carbons (Fsp3) is 0.167. The van der Waals surface area contributed by atoms with E-state index in [1.54, 1.807) is 24.5 Å². The van der Waals surface area contributed by atoms with Gasteiger partial charge in [-0.15, -0.1) is 6.58 Å². The zero-order valence-electron chi connectivity index (χ0n) is 9.01. The van der Waals surface area contributed by atoms with E-state index >= 15 is 0 Å². The fourth-order valence-corrected chi connectivity index (χ4v) is 1.67. The number of hydrogen-bond donors (Lipinski definition) is 0. The summed E-state index contributed by atoms with van der Waals surface area (Å²) in [5.41, 5.74) is 1.30. The maximum absolute atomic E-state index is 11.6. The van der Waals surface area contributed by atoms with Crippen LogP contribution in [0.25, 0.3) is 11.0 Å². The number of ether oxygens (including phenoxy) is 1. The van der Waals surface area contributed by atoms with Crippen LogP contribution in [0.3, 0.4) is 0 Å². The lowest BCUT2D eigenvalue weighted by atomic mass is 10.2. The molecule has 0 amide bonds. The Kier molecular flexibility index (Phi) is 2.72. The maximum Gasteiger partial charge on any atom is 0.340 e. The molecular weight excluding hydrogens is 204 g/mol. The van der Waals surface area contributed by atoms with Gasteiger partial charge in [0, 0.05) is 24.3 Å². The van der Waals surface area contributed by atoms with E-state index in [2.05, 4.69) is 11.6 Å². The minimum Gasteiger partial charge on any atom is -0.465 e. The van der Waals surface area contributed by atoms with Gasteiger partial charge < -0.3 is 9.30 Å². The molecule has 0 unspecified atom stereocenters. The zero-order valence-corrected chi connectivity index (χ0v) is 9.01. The van der Waals surface area contributed by atoms with Crippen molar-refractivity contribution >= 4 is 17.0 Å². The SMILES string of the molecule is C=CCn1cc(C(=O)OC)c2cccnc21. The molecule has 0 aliphatic carbocycles. The predicted molar refractivity (Wildman–Crippen MR) is 61.3 cm³/mol. The molecule has 0 fully saturated rings. The number of methoxy groups -OCH3 is 1. The van der Waals surface area contributed by atoms with Crippen LogP contribution < -0.4 is 0 Å². The third kappa shape index (κ3) is 1.58. The number of nitrogens with zero attached hydrogens (tertiary/aromatic N) is 2. The molecule has 2 aromatic rings. The first kappa shape index (κ1) is 10.4. The minimum atomic E-state index is -0.346. The molecule has 16 heavy (non-hydrogen) atoms. The van der Waals surface area contributed by atoms with Crippen LogP contribution in [0, 0.1) is 0 Å². The number of fused-ring (bicyclic) bond motifs is 1. The zero-order chi connectivity index (χ0) is 11.5. The molecule has 0 bridgehead atoms. The van der Waals surface area contributed by atoms with Crippen LogP contribution in [0.5, 0.6) is 0 Å². The number of carbonyl (C=O) groups excluding carboxylic acids is 1. The van der Waals surface area contributed by atoms with Gasteiger partial charge in [0.25, 0.3) is 0 Å². The van der Waals surface area contributed by atoms with Gasteiger partial charge in [0.05, 0.1) is 12.7 Å². The van der Waals surface area contributed by atoms with E-state index < -0.39 is 0 Å². The van der Waals surface area contributed by atoms with Crippen LogP contribution in [0.2, 0.25) is 0 Å². The quantitative estimate of drug-likeness (QED) is 0.582. The second-order valence-electron chi connectivity index (χ2n) is 3.35. The van der Waals surface area contributed by atoms with E-state index in [1.807, 2.05) is 10.6 Å². The first-order valence-electron chi connectivity index (χ1n) is 4.91. The average molecular weight is 216 g/mol. The lowest BCUT2D eigenvalue weighted by Gasteiger charge is -1.97. The van der Waals surface area contributed by atoms with Gasteiger partial charge in [0.1, 0.15) is 5.65 Å². The highest BCUT2D eigenvalue weighted by Crippen LogP contribution is 2.19. The van der Waals surface area contributed by atoms with Crippen molar-refractivity contribution in [2.24, 2.45) is 0 Å². The molecule has 0 N–H and O–H groups in total. The van der Waals surface area contributed by atoms with Crippen LogP contribution in [0.15, 0.2) is 37.2 Å². The van der Waals surface area contributed by atoms with E-state index in [9.17, 15) is 4.79 Å². The molecule has 2 heterocycles. The number of carbonyl (C=O) groups is 1. The smallest absolute Gasteiger partial charge is 0.340 e. The molecule has 0 saturated heterocycles. The second-order valence-corrected chi connectivity index (χ2v) is 3.35. The van der Waals surface area contributed by atoms with Crippen LogP contribution >= 0.6 is 0 Å². The minimum absolute atomic E-state index is 0.346. The van der Waals surface area contributed by atoms with Crippen LogP contribution in [-0.4, -0.2) is 22.6 Å². The monoisotopic (exact) mass is 216 g/mol. The normalized spacial score (nSPS) is 10.3. The summed E-state index contributed by atoms with van der Waals surface area (Å²) in [4.78, 5) is 15.8. The third-order valence-corrected chi connectivity index (χ3v) is 2.36. The van der Waals surface area contributed by atoms with Gasteiger partial charge in [-0.1, -0.05) is 6.08 Å². The van der Waals surface area contributed by atoms with E-state index in [0.29, 0.717) is 12.1 Å². The lowest BCUT2D eigenvalue weighted by molar-refractivity contribution is 0.0603. The van der Waals surface area contributed by atoms with Crippen molar-refractivity contribution < 1.29 is 9.53 Å². The molecule has 4 nitrogen and oxygen atoms in total. The number of pyridine rings is 1. The highest BCUT2D eigenvalue weighted by atomic mass is 16.5. The predicted octanol–water partition coefficient (Wildman–Crippen LogP) is 2.01. The second kappa shape index (κ2) is 4.18. The Balaban J connectivity index is 2.66. The molecule has 2 aromatic heterocycles. The van der Waals surface area contributed by atoms with Crippen molar-refractivity contribution in [3.63, 3.8) is 0 Å². The van der Waals surface area contributed by atoms with Crippen LogP contribution in [-0.2, 0) is 11.3 Å². The summed E-state index contributed by atoms with van der Waals surface area (Å²) in [5.74, 6) is -0.346. The first-order valence-corrected chi connectivity index (χ1v) is 4.91. The molecule has 0 aliphatic heterocycles. The Hall–Kier alpha value is -2.10. The summed E-state index contributed by atoms with van der Waals surface area (Å²) in [5, 5.41) is 0.802. The van der Waals surface area contributed by atoms with Crippen molar-refractivity contribution in [1.82, 2.24) is 9.55 Å². The number of hydrogen-bond acceptors (Lipinski definition) is 3. The molecular formula is C12H12N2O2. The van der Waals surface area contributed by atoms with E-state index in [-0.39, 0.29) is 5.97 Å². The average Bonchev–Trinajstić information content (AvgIpc) is 2.68.